The lowest BCUT2D eigenvalue weighted by Crippen LogP contribution is -1.99. The van der Waals surface area contributed by atoms with Crippen molar-refractivity contribution < 1.29 is 14.6 Å². The number of benzene rings is 2. The Morgan fingerprint density at radius 2 is 2.17 bits per heavy atom. The van der Waals surface area contributed by atoms with E-state index in [0.29, 0.717) is 0 Å². The lowest BCUT2D eigenvalue weighted by Gasteiger charge is -2.07. The van der Waals surface area contributed by atoms with E-state index in [4.69, 9.17) is 9.84 Å². The van der Waals surface area contributed by atoms with Gasteiger partial charge in [0.05, 0.1) is 13.0 Å². The molecule has 0 heterocycles. The lowest BCUT2D eigenvalue weighted by molar-refractivity contribution is -0.138. The van der Waals surface area contributed by atoms with E-state index in [0.717, 1.165) is 28.5 Å². The van der Waals surface area contributed by atoms with Crippen LogP contribution in [0, 0.1) is 5.92 Å². The number of aliphatic carboxylic acids is 1. The van der Waals surface area contributed by atoms with Crippen molar-refractivity contribution in [3.8, 4) is 5.75 Å². The Morgan fingerprint density at radius 3 is 2.83 bits per heavy atom. The zero-order valence-corrected chi connectivity index (χ0v) is 10.1. The molecule has 1 saturated carbocycles. The van der Waals surface area contributed by atoms with Crippen LogP contribution in [0.2, 0.25) is 0 Å². The van der Waals surface area contributed by atoms with Crippen LogP contribution in [-0.2, 0) is 4.79 Å². The van der Waals surface area contributed by atoms with E-state index in [1.54, 1.807) is 7.11 Å². The van der Waals surface area contributed by atoms with Crippen molar-refractivity contribution in [1.29, 1.82) is 0 Å². The van der Waals surface area contributed by atoms with Crippen molar-refractivity contribution in [3.05, 3.63) is 42.0 Å². The minimum absolute atomic E-state index is 0.151. The molecule has 0 bridgehead atoms. The molecule has 3 nitrogen and oxygen atoms in total. The van der Waals surface area contributed by atoms with Crippen LogP contribution in [-0.4, -0.2) is 18.2 Å². The van der Waals surface area contributed by atoms with Crippen molar-refractivity contribution in [2.24, 2.45) is 5.92 Å². The molecule has 3 rings (SSSR count). The Balaban J connectivity index is 2.09. The average Bonchev–Trinajstić information content (AvgIpc) is 3.17. The summed E-state index contributed by atoms with van der Waals surface area (Å²) in [4.78, 5) is 11.0. The zero-order valence-electron chi connectivity index (χ0n) is 10.1. The van der Waals surface area contributed by atoms with Crippen LogP contribution in [0.4, 0.5) is 0 Å². The zero-order chi connectivity index (χ0) is 12.7. The third kappa shape index (κ3) is 1.72. The van der Waals surface area contributed by atoms with E-state index < -0.39 is 5.97 Å². The molecule has 2 aromatic rings. The molecule has 0 aromatic heterocycles. The highest BCUT2D eigenvalue weighted by Gasteiger charge is 2.44. The second-order valence-corrected chi connectivity index (χ2v) is 4.72. The fourth-order valence-electron chi connectivity index (χ4n) is 2.54. The fourth-order valence-corrected chi connectivity index (χ4v) is 2.54. The molecule has 1 N–H and O–H groups in total. The number of carbonyl (C=O) groups is 1. The topological polar surface area (TPSA) is 46.5 Å². The Morgan fingerprint density at radius 1 is 1.33 bits per heavy atom. The molecule has 0 radical (unpaired) electrons. The van der Waals surface area contributed by atoms with E-state index in [1.165, 1.54) is 0 Å². The second-order valence-electron chi connectivity index (χ2n) is 4.72. The summed E-state index contributed by atoms with van der Waals surface area (Å²) in [6.45, 7) is 0. The van der Waals surface area contributed by atoms with Gasteiger partial charge in [0.1, 0.15) is 5.75 Å². The third-order valence-corrected chi connectivity index (χ3v) is 3.63. The van der Waals surface area contributed by atoms with Crippen molar-refractivity contribution in [3.63, 3.8) is 0 Å². The molecule has 0 amide bonds. The Labute approximate surface area is 105 Å². The summed E-state index contributed by atoms with van der Waals surface area (Å²) in [5.41, 5.74) is 1.12. The first-order valence-corrected chi connectivity index (χ1v) is 6.00. The standard InChI is InChI=1S/C15H14O3/c1-18-10-6-5-9-3-2-4-11(12(9)7-10)13-8-14(13)15(16)17/h2-7,13-14H,8H2,1H3,(H,16,17)/t13-,14+/m0/s1. The van der Waals surface area contributed by atoms with Gasteiger partial charge in [-0.2, -0.15) is 0 Å². The molecule has 3 heteroatoms. The van der Waals surface area contributed by atoms with Gasteiger partial charge in [0.25, 0.3) is 0 Å². The molecule has 1 aliphatic carbocycles. The summed E-state index contributed by atoms with van der Waals surface area (Å²) in [5, 5.41) is 11.3. The summed E-state index contributed by atoms with van der Waals surface area (Å²) >= 11 is 0. The largest absolute Gasteiger partial charge is 0.497 e. The van der Waals surface area contributed by atoms with Gasteiger partial charge < -0.3 is 9.84 Å². The van der Waals surface area contributed by atoms with Crippen LogP contribution in [0.1, 0.15) is 17.9 Å². The van der Waals surface area contributed by atoms with Gasteiger partial charge in [0, 0.05) is 0 Å². The highest BCUT2D eigenvalue weighted by atomic mass is 16.5. The van der Waals surface area contributed by atoms with Gasteiger partial charge in [-0.3, -0.25) is 4.79 Å². The van der Waals surface area contributed by atoms with Crippen LogP contribution in [0.3, 0.4) is 0 Å². The predicted octanol–water partition coefficient (Wildman–Crippen LogP) is 3.04. The number of carboxylic acids is 1. The number of methoxy groups -OCH3 is 1. The summed E-state index contributed by atoms with van der Waals surface area (Å²) in [5.74, 6) is 0.0440. The molecular formula is C15H14O3. The van der Waals surface area contributed by atoms with Gasteiger partial charge in [-0.15, -0.1) is 0 Å². The van der Waals surface area contributed by atoms with Crippen molar-refractivity contribution in [1.82, 2.24) is 0 Å². The van der Waals surface area contributed by atoms with Gasteiger partial charge in [-0.1, -0.05) is 24.3 Å². The first-order valence-electron chi connectivity index (χ1n) is 6.00. The number of hydrogen-bond acceptors (Lipinski definition) is 2. The lowest BCUT2D eigenvalue weighted by atomic mass is 10.00. The number of fused-ring (bicyclic) bond motifs is 1. The molecule has 1 aliphatic rings. The fraction of sp³-hybridized carbons (Fsp3) is 0.267. The second kappa shape index (κ2) is 4.02. The molecule has 1 fully saturated rings. The molecule has 18 heavy (non-hydrogen) atoms. The molecule has 0 spiro atoms. The summed E-state index contributed by atoms with van der Waals surface area (Å²) in [6, 6.07) is 12.0. The average molecular weight is 242 g/mol. The van der Waals surface area contributed by atoms with Crippen LogP contribution >= 0.6 is 0 Å². The number of ether oxygens (including phenoxy) is 1. The molecule has 0 aliphatic heterocycles. The van der Waals surface area contributed by atoms with Gasteiger partial charge in [-0.05, 0) is 40.8 Å². The van der Waals surface area contributed by atoms with Crippen LogP contribution in [0.25, 0.3) is 10.8 Å². The van der Waals surface area contributed by atoms with E-state index in [1.807, 2.05) is 36.4 Å². The normalized spacial score (nSPS) is 21.8. The van der Waals surface area contributed by atoms with Crippen molar-refractivity contribution in [2.75, 3.05) is 7.11 Å². The molecule has 0 saturated heterocycles. The van der Waals surface area contributed by atoms with E-state index >= 15 is 0 Å². The van der Waals surface area contributed by atoms with Crippen molar-refractivity contribution >= 4 is 16.7 Å². The van der Waals surface area contributed by atoms with Gasteiger partial charge >= 0.3 is 5.97 Å². The molecule has 0 unspecified atom stereocenters. The van der Waals surface area contributed by atoms with E-state index in [2.05, 4.69) is 0 Å². The molecule has 2 atom stereocenters. The molecule has 92 valence electrons. The molecule has 2 aromatic carbocycles. The van der Waals surface area contributed by atoms with Gasteiger partial charge in [-0.25, -0.2) is 0 Å². The van der Waals surface area contributed by atoms with E-state index in [-0.39, 0.29) is 11.8 Å². The highest BCUT2D eigenvalue weighted by molar-refractivity contribution is 5.89. The Kier molecular flexibility index (Phi) is 2.47. The minimum atomic E-state index is -0.695. The third-order valence-electron chi connectivity index (χ3n) is 3.63. The van der Waals surface area contributed by atoms with E-state index in [9.17, 15) is 4.79 Å². The van der Waals surface area contributed by atoms with Crippen LogP contribution in [0.5, 0.6) is 5.75 Å². The maximum absolute atomic E-state index is 11.0. The summed E-state index contributed by atoms with van der Waals surface area (Å²) in [6.07, 6.45) is 0.742. The predicted molar refractivity (Wildman–Crippen MR) is 69.0 cm³/mol. The minimum Gasteiger partial charge on any atom is -0.497 e. The highest BCUT2D eigenvalue weighted by Crippen LogP contribution is 2.49. The van der Waals surface area contributed by atoms with Crippen LogP contribution < -0.4 is 4.74 Å². The maximum Gasteiger partial charge on any atom is 0.307 e. The quantitative estimate of drug-likeness (QED) is 0.899. The van der Waals surface area contributed by atoms with Crippen LogP contribution in [0.15, 0.2) is 36.4 Å². The SMILES string of the molecule is COc1ccc2cccc([C@@H]3C[C@H]3C(=O)O)c2c1. The first-order chi connectivity index (χ1) is 8.70. The molecular weight excluding hydrogens is 228 g/mol. The Bertz CT molecular complexity index is 618. The van der Waals surface area contributed by atoms with Gasteiger partial charge in [0.2, 0.25) is 0 Å². The summed E-state index contributed by atoms with van der Waals surface area (Å²) in [7, 11) is 1.64. The Hall–Kier alpha value is -2.03. The smallest absolute Gasteiger partial charge is 0.307 e. The van der Waals surface area contributed by atoms with Gasteiger partial charge in [0.15, 0.2) is 0 Å². The van der Waals surface area contributed by atoms with Crippen molar-refractivity contribution in [2.45, 2.75) is 12.3 Å². The first kappa shape index (κ1) is 11.1. The summed E-state index contributed by atoms with van der Waals surface area (Å²) < 4.78 is 5.24. The number of rotatable bonds is 3. The monoisotopic (exact) mass is 242 g/mol. The number of carboxylic acid groups (broad SMARTS) is 1. The number of hydrogen-bond donors (Lipinski definition) is 1. The maximum atomic E-state index is 11.0.